The van der Waals surface area contributed by atoms with Gasteiger partial charge < -0.3 is 0 Å². The lowest BCUT2D eigenvalue weighted by atomic mass is 10.1. The second-order valence-corrected chi connectivity index (χ2v) is 7.09. The van der Waals surface area contributed by atoms with Crippen molar-refractivity contribution in [3.8, 4) is 0 Å². The molecule has 1 atom stereocenters. The second-order valence-electron chi connectivity index (χ2n) is 4.34. The molecule has 1 rings (SSSR count). The van der Waals surface area contributed by atoms with Crippen LogP contribution in [0.3, 0.4) is 0 Å². The third kappa shape index (κ3) is 2.29. The minimum Gasteiger partial charge on any atom is -0.127 e. The van der Waals surface area contributed by atoms with Crippen molar-refractivity contribution in [3.05, 3.63) is 28.8 Å². The third-order valence-corrected chi connectivity index (χ3v) is 5.48. The molecule has 0 aliphatic heterocycles. The monoisotopic (exact) mass is 226 g/mol. The lowest BCUT2D eigenvalue weighted by molar-refractivity contribution is 0.534. The molecule has 1 aromatic rings. The van der Waals surface area contributed by atoms with Gasteiger partial charge in [0, 0.05) is 25.2 Å². The fourth-order valence-electron chi connectivity index (χ4n) is 1.95. The molecule has 0 spiro atoms. The highest BCUT2D eigenvalue weighted by Crippen LogP contribution is 2.27. The van der Waals surface area contributed by atoms with E-state index in [1.165, 1.54) is 5.56 Å². The summed E-state index contributed by atoms with van der Waals surface area (Å²) < 4.78 is 14.4. The van der Waals surface area contributed by atoms with Crippen LogP contribution in [-0.2, 0) is 14.3 Å². The lowest BCUT2D eigenvalue weighted by Crippen LogP contribution is -2.29. The Bertz CT molecular complexity index is 401. The molecule has 3 heteroatoms. The molecule has 0 saturated heterocycles. The molecule has 0 heterocycles. The van der Waals surface area contributed by atoms with Gasteiger partial charge in [-0.15, -0.1) is 4.31 Å². The van der Waals surface area contributed by atoms with E-state index in [1.807, 2.05) is 27.9 Å². The average Bonchev–Trinajstić information content (AvgIpc) is 2.00. The lowest BCUT2D eigenvalue weighted by Gasteiger charge is -2.17. The Kier molecular flexibility index (Phi) is 3.36. The van der Waals surface area contributed by atoms with E-state index < -0.39 is 10.1 Å². The van der Waals surface area contributed by atoms with Gasteiger partial charge in [0.2, 0.25) is 0 Å². The van der Waals surface area contributed by atoms with E-state index in [1.54, 1.807) is 10.6 Å². The second kappa shape index (κ2) is 4.06. The van der Waals surface area contributed by atoms with Crippen LogP contribution in [0.25, 0.3) is 0 Å². The Labute approximate surface area is 93.9 Å². The minimum absolute atomic E-state index is 0.984. The van der Waals surface area contributed by atoms with Crippen molar-refractivity contribution in [2.24, 2.45) is 0 Å². The highest BCUT2D eigenvalue weighted by molar-refractivity contribution is 8.00. The Hall–Kier alpha value is -0.670. The summed E-state index contributed by atoms with van der Waals surface area (Å²) in [5.74, 6) is 0. The first-order valence-electron chi connectivity index (χ1n) is 5.01. The summed E-state index contributed by atoms with van der Waals surface area (Å²) in [7, 11) is 1.65. The number of aryl methyl sites for hydroxylation is 3. The maximum absolute atomic E-state index is 12.6. The normalized spacial score (nSPS) is 15.4. The summed E-state index contributed by atoms with van der Waals surface area (Å²) in [6, 6.07) is 4.18. The van der Waals surface area contributed by atoms with Crippen molar-refractivity contribution in [2.45, 2.75) is 25.7 Å². The summed E-state index contributed by atoms with van der Waals surface area (Å²) in [5, 5.41) is 0. The molecule has 0 saturated carbocycles. The largest absolute Gasteiger partial charge is 0.187 e. The maximum atomic E-state index is 12.6. The first-order valence-corrected chi connectivity index (χ1v) is 6.93. The average molecular weight is 226 g/mol. The Morgan fingerprint density at radius 2 is 1.47 bits per heavy atom. The van der Waals surface area contributed by atoms with E-state index in [0.717, 1.165) is 16.0 Å². The van der Waals surface area contributed by atoms with Crippen LogP contribution in [0.2, 0.25) is 0 Å². The van der Waals surface area contributed by atoms with Crippen molar-refractivity contribution in [1.82, 2.24) is 4.31 Å². The van der Waals surface area contributed by atoms with Crippen LogP contribution in [-0.4, -0.2) is 24.7 Å². The first-order chi connectivity index (χ1) is 6.76. The van der Waals surface area contributed by atoms with Gasteiger partial charge in [0.1, 0.15) is 6.26 Å². The van der Waals surface area contributed by atoms with Gasteiger partial charge in [-0.2, -0.15) is 0 Å². The minimum atomic E-state index is -2.07. The highest BCUT2D eigenvalue weighted by Gasteiger charge is 2.32. The van der Waals surface area contributed by atoms with Gasteiger partial charge in [-0.05, 0) is 20.8 Å². The van der Waals surface area contributed by atoms with Crippen LogP contribution in [0.4, 0.5) is 0 Å². The van der Waals surface area contributed by atoms with Crippen LogP contribution in [0.1, 0.15) is 16.7 Å². The van der Waals surface area contributed by atoms with Crippen LogP contribution in [0, 0.1) is 20.8 Å². The molecule has 0 bridgehead atoms. The van der Waals surface area contributed by atoms with Crippen LogP contribution < -0.4 is 0 Å². The van der Waals surface area contributed by atoms with Crippen molar-refractivity contribution >= 4 is 10.1 Å². The first kappa shape index (κ1) is 12.4. The molecule has 2 nitrogen and oxygen atoms in total. The molecule has 0 fully saturated rings. The van der Waals surface area contributed by atoms with Crippen molar-refractivity contribution < 1.29 is 4.21 Å². The standard InChI is InChI=1S/C12H20NOS/c1-9-7-10(2)12(11(3)8-9)15(6,14)13(4)5/h7-8H,1-6H3/q+1. The van der Waals surface area contributed by atoms with Gasteiger partial charge in [-0.1, -0.05) is 21.9 Å². The third-order valence-electron chi connectivity index (χ3n) is 2.68. The van der Waals surface area contributed by atoms with E-state index >= 15 is 0 Å². The van der Waals surface area contributed by atoms with E-state index in [4.69, 9.17) is 0 Å². The van der Waals surface area contributed by atoms with Crippen LogP contribution in [0.5, 0.6) is 0 Å². The molecular formula is C12H20NOS+. The number of rotatable bonds is 2. The fraction of sp³-hybridized carbons (Fsp3) is 0.500. The molecule has 0 aromatic heterocycles. The Morgan fingerprint density at radius 1 is 1.07 bits per heavy atom. The molecular weight excluding hydrogens is 206 g/mol. The number of nitrogens with zero attached hydrogens (tertiary/aromatic N) is 1. The van der Waals surface area contributed by atoms with Gasteiger partial charge in [0.05, 0.1) is 0 Å². The van der Waals surface area contributed by atoms with Crippen molar-refractivity contribution in [1.29, 1.82) is 0 Å². The van der Waals surface area contributed by atoms with E-state index in [9.17, 15) is 4.21 Å². The van der Waals surface area contributed by atoms with Gasteiger partial charge in [-0.3, -0.25) is 0 Å². The summed E-state index contributed by atoms with van der Waals surface area (Å²) in [6.45, 7) is 6.13. The SMILES string of the molecule is Cc1cc(C)c([S+](C)(=O)N(C)C)c(C)c1. The fourth-order valence-corrected chi connectivity index (χ4v) is 3.62. The summed E-state index contributed by atoms with van der Waals surface area (Å²) in [4.78, 5) is 0.984. The number of hydrogen-bond donors (Lipinski definition) is 0. The number of hydrogen-bond acceptors (Lipinski definition) is 1. The Morgan fingerprint density at radius 3 is 1.80 bits per heavy atom. The van der Waals surface area contributed by atoms with Crippen LogP contribution >= 0.6 is 0 Å². The maximum Gasteiger partial charge on any atom is 0.187 e. The molecule has 84 valence electrons. The van der Waals surface area contributed by atoms with Gasteiger partial charge in [0.15, 0.2) is 15.0 Å². The quantitative estimate of drug-likeness (QED) is 0.710. The molecule has 1 aromatic carbocycles. The predicted molar refractivity (Wildman–Crippen MR) is 66.6 cm³/mol. The summed E-state index contributed by atoms with van der Waals surface area (Å²) in [6.07, 6.45) is 1.80. The topological polar surface area (TPSA) is 20.3 Å². The summed E-state index contributed by atoms with van der Waals surface area (Å²) >= 11 is 0. The molecule has 0 amide bonds. The van der Waals surface area contributed by atoms with Crippen LogP contribution in [0.15, 0.2) is 17.0 Å². The van der Waals surface area contributed by atoms with E-state index in [2.05, 4.69) is 19.1 Å². The van der Waals surface area contributed by atoms with Crippen molar-refractivity contribution in [2.75, 3.05) is 20.4 Å². The predicted octanol–water partition coefficient (Wildman–Crippen LogP) is 2.58. The molecule has 0 aliphatic rings. The zero-order valence-electron chi connectivity index (χ0n) is 10.4. The van der Waals surface area contributed by atoms with Gasteiger partial charge in [-0.25, -0.2) is 0 Å². The zero-order chi connectivity index (χ0) is 11.8. The van der Waals surface area contributed by atoms with E-state index in [-0.39, 0.29) is 0 Å². The van der Waals surface area contributed by atoms with Gasteiger partial charge in [0.25, 0.3) is 0 Å². The van der Waals surface area contributed by atoms with E-state index in [0.29, 0.717) is 0 Å². The number of benzene rings is 1. The molecule has 0 N–H and O–H groups in total. The molecule has 1 unspecified atom stereocenters. The van der Waals surface area contributed by atoms with Gasteiger partial charge >= 0.3 is 0 Å². The highest BCUT2D eigenvalue weighted by atomic mass is 32.3. The smallest absolute Gasteiger partial charge is 0.127 e. The molecule has 0 aliphatic carbocycles. The molecule has 15 heavy (non-hydrogen) atoms. The van der Waals surface area contributed by atoms with Crippen molar-refractivity contribution in [3.63, 3.8) is 0 Å². The summed E-state index contributed by atoms with van der Waals surface area (Å²) in [5.41, 5.74) is 3.46. The zero-order valence-corrected chi connectivity index (χ0v) is 11.2. The molecule has 0 radical (unpaired) electrons. The Balaban J connectivity index is 3.45.